The average molecular weight is 614 g/mol. The van der Waals surface area contributed by atoms with Gasteiger partial charge in [0.1, 0.15) is 0 Å². The van der Waals surface area contributed by atoms with Gasteiger partial charge in [-0.05, 0) is 41.8 Å². The van der Waals surface area contributed by atoms with E-state index in [1.54, 1.807) is 0 Å². The zero-order chi connectivity index (χ0) is 31.6. The third-order valence-electron chi connectivity index (χ3n) is 9.34. The maximum absolute atomic E-state index is 5.17. The minimum atomic E-state index is 0.591. The van der Waals surface area contributed by atoms with Gasteiger partial charge >= 0.3 is 0 Å². The third-order valence-corrected chi connectivity index (χ3v) is 9.34. The summed E-state index contributed by atoms with van der Waals surface area (Å²) in [6.45, 7) is 0. The van der Waals surface area contributed by atoms with Crippen molar-refractivity contribution in [3.8, 4) is 34.4 Å². The molecule has 0 fully saturated rings. The summed E-state index contributed by atoms with van der Waals surface area (Å²) in [5.41, 5.74) is 7.52. The van der Waals surface area contributed by atoms with Crippen LogP contribution in [0.3, 0.4) is 0 Å². The molecule has 3 heterocycles. The second-order valence-electron chi connectivity index (χ2n) is 12.1. The van der Waals surface area contributed by atoms with Crippen LogP contribution in [-0.2, 0) is 0 Å². The first kappa shape index (κ1) is 26.6. The van der Waals surface area contributed by atoms with Crippen molar-refractivity contribution < 1.29 is 0 Å². The number of benzene rings is 7. The van der Waals surface area contributed by atoms with Crippen LogP contribution < -0.4 is 0 Å². The number of hydrogen-bond acceptors (Lipinski definition) is 3. The van der Waals surface area contributed by atoms with Gasteiger partial charge in [-0.15, -0.1) is 0 Å². The lowest BCUT2D eigenvalue weighted by atomic mass is 10.0. The number of nitrogens with zero attached hydrogens (tertiary/aromatic N) is 5. The van der Waals surface area contributed by atoms with Crippen LogP contribution in [0.15, 0.2) is 164 Å². The summed E-state index contributed by atoms with van der Waals surface area (Å²) in [5.74, 6) is 1.87. The first-order valence-electron chi connectivity index (χ1n) is 16.1. The van der Waals surface area contributed by atoms with Crippen LogP contribution in [0.4, 0.5) is 0 Å². The molecule has 0 amide bonds. The Hall–Kier alpha value is -6.59. The molecule has 0 bridgehead atoms. The lowest BCUT2D eigenvalue weighted by Gasteiger charge is -2.12. The molecule has 7 aromatic carbocycles. The molecule has 0 aliphatic heterocycles. The van der Waals surface area contributed by atoms with Crippen LogP contribution in [0.2, 0.25) is 0 Å². The Bertz CT molecular complexity index is 2760. The van der Waals surface area contributed by atoms with Crippen LogP contribution in [0.5, 0.6) is 0 Å². The molecule has 10 aromatic rings. The first-order chi connectivity index (χ1) is 23.8. The Balaban J connectivity index is 1.34. The highest BCUT2D eigenvalue weighted by Gasteiger charge is 2.21. The highest BCUT2D eigenvalue weighted by molar-refractivity contribution is 6.22. The van der Waals surface area contributed by atoms with E-state index in [-0.39, 0.29) is 0 Å². The summed E-state index contributed by atoms with van der Waals surface area (Å²) in [6, 6.07) is 57.3. The lowest BCUT2D eigenvalue weighted by Crippen LogP contribution is -2.06. The molecule has 0 aliphatic rings. The topological polar surface area (TPSA) is 48.5 Å². The second-order valence-corrected chi connectivity index (χ2v) is 12.1. The molecule has 0 unspecified atom stereocenters. The molecule has 5 heteroatoms. The molecule has 0 N–H and O–H groups in total. The van der Waals surface area contributed by atoms with Crippen LogP contribution in [0, 0.1) is 0 Å². The fourth-order valence-electron chi connectivity index (χ4n) is 7.21. The van der Waals surface area contributed by atoms with E-state index in [2.05, 4.69) is 112 Å². The van der Waals surface area contributed by atoms with Gasteiger partial charge in [0, 0.05) is 43.7 Å². The SMILES string of the molecule is c1ccc(-c2nc(-c3ccccc3)nc(-n3c4ccccc4c4ccc5cc6c(cc5c43)c3ccccc3n6-c3ccccc3)n2)cc1. The van der Waals surface area contributed by atoms with Crippen molar-refractivity contribution in [2.45, 2.75) is 0 Å². The van der Waals surface area contributed by atoms with Crippen LogP contribution >= 0.6 is 0 Å². The number of fused-ring (bicyclic) bond motifs is 8. The van der Waals surface area contributed by atoms with Crippen LogP contribution in [0.1, 0.15) is 0 Å². The van der Waals surface area contributed by atoms with Crippen molar-refractivity contribution >= 4 is 54.4 Å². The molecular formula is C43H27N5. The molecule has 48 heavy (non-hydrogen) atoms. The minimum Gasteiger partial charge on any atom is -0.309 e. The van der Waals surface area contributed by atoms with E-state index < -0.39 is 0 Å². The van der Waals surface area contributed by atoms with Gasteiger partial charge in [-0.1, -0.05) is 127 Å². The number of rotatable bonds is 4. The van der Waals surface area contributed by atoms with E-state index in [1.165, 1.54) is 21.8 Å². The smallest absolute Gasteiger partial charge is 0.238 e. The van der Waals surface area contributed by atoms with Gasteiger partial charge in [0.05, 0.1) is 22.1 Å². The maximum atomic E-state index is 5.17. The largest absolute Gasteiger partial charge is 0.309 e. The summed E-state index contributed by atoms with van der Waals surface area (Å²) < 4.78 is 4.60. The molecule has 5 nitrogen and oxygen atoms in total. The van der Waals surface area contributed by atoms with E-state index in [1.807, 2.05) is 60.7 Å². The van der Waals surface area contributed by atoms with E-state index in [0.29, 0.717) is 17.6 Å². The highest BCUT2D eigenvalue weighted by Crippen LogP contribution is 2.40. The van der Waals surface area contributed by atoms with Crippen molar-refractivity contribution in [2.75, 3.05) is 0 Å². The molecule has 3 aromatic heterocycles. The Labute approximate surface area is 276 Å². The van der Waals surface area contributed by atoms with Crippen molar-refractivity contribution in [1.82, 2.24) is 24.1 Å². The molecule has 0 radical (unpaired) electrons. The van der Waals surface area contributed by atoms with Crippen LogP contribution in [0.25, 0.3) is 88.8 Å². The van der Waals surface area contributed by atoms with Crippen molar-refractivity contribution in [3.63, 3.8) is 0 Å². The predicted molar refractivity (Wildman–Crippen MR) is 197 cm³/mol. The van der Waals surface area contributed by atoms with Gasteiger partial charge in [0.2, 0.25) is 5.95 Å². The standard InChI is InChI=1S/C43H27N5/c1-4-14-28(15-5-1)41-44-42(29-16-6-2-7-17-29)46-43(45-41)48-38-23-13-10-20-32(38)34-25-24-30-26-39-36(27-35(30)40(34)48)33-21-11-12-22-37(33)47(39)31-18-8-3-9-19-31/h1-27H. The van der Waals surface area contributed by atoms with Crippen molar-refractivity contribution in [2.24, 2.45) is 0 Å². The van der Waals surface area contributed by atoms with E-state index in [9.17, 15) is 0 Å². The Kier molecular flexibility index (Phi) is 5.81. The second kappa shape index (κ2) is 10.5. The molecule has 10 rings (SSSR count). The molecule has 0 aliphatic carbocycles. The van der Waals surface area contributed by atoms with Gasteiger partial charge in [0.25, 0.3) is 0 Å². The Morgan fingerprint density at radius 1 is 0.354 bits per heavy atom. The molecule has 0 atom stereocenters. The zero-order valence-corrected chi connectivity index (χ0v) is 25.8. The fourth-order valence-corrected chi connectivity index (χ4v) is 7.21. The van der Waals surface area contributed by atoms with Gasteiger partial charge in [-0.2, -0.15) is 9.97 Å². The fraction of sp³-hybridized carbons (Fsp3) is 0. The summed E-state index contributed by atoms with van der Waals surface area (Å²) in [6.07, 6.45) is 0. The minimum absolute atomic E-state index is 0.591. The van der Waals surface area contributed by atoms with E-state index in [4.69, 9.17) is 15.0 Å². The molecular weight excluding hydrogens is 587 g/mol. The van der Waals surface area contributed by atoms with Gasteiger partial charge in [0.15, 0.2) is 11.6 Å². The molecule has 0 saturated carbocycles. The number of aromatic nitrogens is 5. The van der Waals surface area contributed by atoms with Gasteiger partial charge < -0.3 is 4.57 Å². The normalized spacial score (nSPS) is 11.8. The van der Waals surface area contributed by atoms with Crippen molar-refractivity contribution in [3.05, 3.63) is 164 Å². The zero-order valence-electron chi connectivity index (χ0n) is 25.8. The first-order valence-corrected chi connectivity index (χ1v) is 16.1. The van der Waals surface area contributed by atoms with E-state index in [0.717, 1.165) is 49.4 Å². The number of hydrogen-bond donors (Lipinski definition) is 0. The van der Waals surface area contributed by atoms with E-state index >= 15 is 0 Å². The lowest BCUT2D eigenvalue weighted by molar-refractivity contribution is 0.955. The quantitative estimate of drug-likeness (QED) is 0.198. The Morgan fingerprint density at radius 2 is 0.896 bits per heavy atom. The highest BCUT2D eigenvalue weighted by atomic mass is 15.2. The molecule has 0 saturated heterocycles. The summed E-state index contributed by atoms with van der Waals surface area (Å²) in [7, 11) is 0. The van der Waals surface area contributed by atoms with Gasteiger partial charge in [-0.3, -0.25) is 4.57 Å². The van der Waals surface area contributed by atoms with Crippen LogP contribution in [-0.4, -0.2) is 24.1 Å². The maximum Gasteiger partial charge on any atom is 0.238 e. The monoisotopic (exact) mass is 613 g/mol. The van der Waals surface area contributed by atoms with Crippen molar-refractivity contribution in [1.29, 1.82) is 0 Å². The predicted octanol–water partition coefficient (Wildman–Crippen LogP) is 10.6. The molecule has 0 spiro atoms. The Morgan fingerprint density at radius 3 is 1.54 bits per heavy atom. The summed E-state index contributed by atoms with van der Waals surface area (Å²) in [5, 5.41) is 7.04. The number of para-hydroxylation sites is 3. The average Bonchev–Trinajstić information content (AvgIpc) is 3.67. The summed E-state index contributed by atoms with van der Waals surface area (Å²) >= 11 is 0. The molecule has 224 valence electrons. The third kappa shape index (κ3) is 4.01. The van der Waals surface area contributed by atoms with Gasteiger partial charge in [-0.25, -0.2) is 4.98 Å². The summed E-state index contributed by atoms with van der Waals surface area (Å²) in [4.78, 5) is 15.3.